The minimum absolute atomic E-state index is 0.00727. The molecule has 0 aromatic carbocycles. The van der Waals surface area contributed by atoms with Crippen LogP contribution in [0.1, 0.15) is 6.42 Å². The van der Waals surface area contributed by atoms with Crippen molar-refractivity contribution in [2.45, 2.75) is 35.4 Å². The average molecular weight is 351 g/mol. The Morgan fingerprint density at radius 2 is 1.86 bits per heavy atom. The van der Waals surface area contributed by atoms with Gasteiger partial charge in [0.1, 0.15) is 12.2 Å². The molecule has 1 aliphatic rings. The molecule has 0 amide bonds. The highest BCUT2D eigenvalue weighted by Gasteiger charge is 2.40. The van der Waals surface area contributed by atoms with E-state index in [4.69, 9.17) is 24.5 Å². The fourth-order valence-electron chi connectivity index (χ4n) is 2.48. The van der Waals surface area contributed by atoms with Gasteiger partial charge in [0.05, 0.1) is 23.3 Å². The summed E-state index contributed by atoms with van der Waals surface area (Å²) in [6.07, 6.45) is 0.280. The minimum Gasteiger partial charge on any atom is -0.382 e. The Morgan fingerprint density at radius 3 is 2.41 bits per heavy atom. The molecule has 1 unspecified atom stereocenters. The van der Waals surface area contributed by atoms with Crippen LogP contribution in [0, 0.1) is 0 Å². The third-order valence-corrected chi connectivity index (χ3v) is 6.39. The highest BCUT2D eigenvalue weighted by atomic mass is 32.2. The second kappa shape index (κ2) is 11.4. The number of nitrogens with zero attached hydrogens (tertiary/aromatic N) is 3. The Balaban J connectivity index is 2.98. The summed E-state index contributed by atoms with van der Waals surface area (Å²) < 4.78 is 22.1. The maximum atomic E-state index is 8.84. The van der Waals surface area contributed by atoms with Gasteiger partial charge < -0.3 is 18.9 Å². The zero-order valence-corrected chi connectivity index (χ0v) is 15.1. The Bertz CT molecular complexity index is 358. The molecule has 0 bridgehead atoms. The molecule has 0 saturated carbocycles. The second-order valence-corrected chi connectivity index (χ2v) is 7.30. The maximum absolute atomic E-state index is 8.84. The van der Waals surface area contributed by atoms with E-state index in [0.29, 0.717) is 6.61 Å². The third-order valence-electron chi connectivity index (χ3n) is 3.53. The zero-order chi connectivity index (χ0) is 16.4. The number of rotatable bonds is 9. The molecule has 22 heavy (non-hydrogen) atoms. The van der Waals surface area contributed by atoms with Crippen molar-refractivity contribution >= 4 is 23.5 Å². The summed E-state index contributed by atoms with van der Waals surface area (Å²) in [6.45, 7) is 0.408. The topological polar surface area (TPSA) is 85.7 Å². The number of hydrogen-bond donors (Lipinski definition) is 0. The maximum Gasteiger partial charge on any atom is 0.113 e. The van der Waals surface area contributed by atoms with Crippen molar-refractivity contribution in [2.24, 2.45) is 5.11 Å². The summed E-state index contributed by atoms with van der Waals surface area (Å²) in [5, 5.41) is 3.78. The lowest BCUT2D eigenvalue weighted by Crippen LogP contribution is -2.50. The highest BCUT2D eigenvalue weighted by Crippen LogP contribution is 2.36. The van der Waals surface area contributed by atoms with E-state index < -0.39 is 0 Å². The zero-order valence-electron chi connectivity index (χ0n) is 13.5. The quantitative estimate of drug-likeness (QED) is 0.360. The molecule has 9 heteroatoms. The molecule has 1 heterocycles. The predicted octanol–water partition coefficient (Wildman–Crippen LogP) is 2.55. The van der Waals surface area contributed by atoms with E-state index in [1.54, 1.807) is 52.0 Å². The van der Waals surface area contributed by atoms with E-state index in [1.807, 2.05) is 0 Å². The van der Waals surface area contributed by atoms with Gasteiger partial charge in [-0.25, -0.2) is 0 Å². The molecule has 0 aliphatic carbocycles. The van der Waals surface area contributed by atoms with Crippen LogP contribution >= 0.6 is 23.5 Å². The smallest absolute Gasteiger partial charge is 0.113 e. The molecule has 1 saturated heterocycles. The first-order valence-electron chi connectivity index (χ1n) is 7.08. The van der Waals surface area contributed by atoms with Gasteiger partial charge in [0.2, 0.25) is 0 Å². The molecule has 128 valence electrons. The number of ether oxygens (including phenoxy) is 4. The second-order valence-electron chi connectivity index (χ2n) is 4.79. The van der Waals surface area contributed by atoms with Crippen LogP contribution in [-0.2, 0) is 18.9 Å². The van der Waals surface area contributed by atoms with E-state index in [1.165, 1.54) is 0 Å². The molecular weight excluding hydrogens is 326 g/mol. The van der Waals surface area contributed by atoms with Crippen LogP contribution in [0.4, 0.5) is 0 Å². The van der Waals surface area contributed by atoms with Crippen LogP contribution in [0.3, 0.4) is 0 Å². The number of methoxy groups -OCH3 is 4. The first-order valence-corrected chi connectivity index (χ1v) is 9.17. The molecule has 1 fully saturated rings. The summed E-state index contributed by atoms with van der Waals surface area (Å²) in [4.78, 5) is 2.99. The van der Waals surface area contributed by atoms with Crippen LogP contribution in [0.25, 0.3) is 10.4 Å². The Morgan fingerprint density at radius 1 is 1.14 bits per heavy atom. The largest absolute Gasteiger partial charge is 0.382 e. The van der Waals surface area contributed by atoms with Gasteiger partial charge in [0, 0.05) is 33.4 Å². The molecule has 1 aliphatic heterocycles. The molecule has 0 spiro atoms. The molecule has 1 rings (SSSR count). The van der Waals surface area contributed by atoms with Gasteiger partial charge in [0.15, 0.2) is 0 Å². The molecular formula is C13H25N3O4S2. The van der Waals surface area contributed by atoms with E-state index >= 15 is 0 Å². The predicted molar refractivity (Wildman–Crippen MR) is 90.5 cm³/mol. The molecule has 0 aromatic rings. The van der Waals surface area contributed by atoms with Crippen molar-refractivity contribution in [2.75, 3.05) is 46.6 Å². The monoisotopic (exact) mass is 351 g/mol. The van der Waals surface area contributed by atoms with E-state index in [-0.39, 0.29) is 28.9 Å². The van der Waals surface area contributed by atoms with Gasteiger partial charge in [-0.05, 0) is 23.5 Å². The first kappa shape index (κ1) is 19.9. The first-order chi connectivity index (χ1) is 10.7. The van der Waals surface area contributed by atoms with E-state index in [2.05, 4.69) is 10.0 Å². The van der Waals surface area contributed by atoms with Crippen molar-refractivity contribution in [3.63, 3.8) is 0 Å². The normalized spacial score (nSPS) is 26.5. The van der Waals surface area contributed by atoms with E-state index in [0.717, 1.165) is 17.9 Å². The van der Waals surface area contributed by atoms with Gasteiger partial charge >= 0.3 is 0 Å². The standard InChI is InChI=1S/C13H25N3O4S2/c1-17-8-9(18-2)10(19-3)11(20-4)12-13(15-16-14)22-7-5-6-21-12/h9-13H,5-8H2,1-4H3/t9-,10+,11-,12-,13?/m0/s1. The summed E-state index contributed by atoms with van der Waals surface area (Å²) >= 11 is 3.44. The molecule has 7 nitrogen and oxygen atoms in total. The summed E-state index contributed by atoms with van der Waals surface area (Å²) in [5.41, 5.74) is 8.84. The Labute approximate surface area is 140 Å². The minimum atomic E-state index is -0.303. The summed E-state index contributed by atoms with van der Waals surface area (Å²) in [7, 11) is 6.54. The van der Waals surface area contributed by atoms with Crippen molar-refractivity contribution in [3.05, 3.63) is 10.4 Å². The average Bonchev–Trinajstić information content (AvgIpc) is 2.77. The van der Waals surface area contributed by atoms with Crippen molar-refractivity contribution in [3.8, 4) is 0 Å². The van der Waals surface area contributed by atoms with Gasteiger partial charge in [-0.15, -0.1) is 0 Å². The van der Waals surface area contributed by atoms with Gasteiger partial charge in [-0.2, -0.15) is 23.5 Å². The van der Waals surface area contributed by atoms with Gasteiger partial charge in [0.25, 0.3) is 0 Å². The van der Waals surface area contributed by atoms with E-state index in [9.17, 15) is 0 Å². The molecule has 0 N–H and O–H groups in total. The molecule has 0 aromatic heterocycles. The van der Waals surface area contributed by atoms with Gasteiger partial charge in [-0.1, -0.05) is 5.11 Å². The fourth-order valence-corrected chi connectivity index (χ4v) is 5.40. The molecule has 0 radical (unpaired) electrons. The summed E-state index contributed by atoms with van der Waals surface area (Å²) in [5.74, 6) is 1.99. The molecule has 5 atom stereocenters. The lowest BCUT2D eigenvalue weighted by atomic mass is 10.0. The Kier molecular flexibility index (Phi) is 10.3. The number of azide groups is 1. The van der Waals surface area contributed by atoms with Crippen molar-refractivity contribution in [1.82, 2.24) is 0 Å². The lowest BCUT2D eigenvalue weighted by Gasteiger charge is -2.36. The number of thioether (sulfide) groups is 2. The summed E-state index contributed by atoms with van der Waals surface area (Å²) in [6, 6.07) is 0. The Hall–Kier alpha value is -0.150. The van der Waals surface area contributed by atoms with Crippen LogP contribution < -0.4 is 0 Å². The van der Waals surface area contributed by atoms with Crippen molar-refractivity contribution in [1.29, 1.82) is 0 Å². The SMILES string of the molecule is COC[C@H](OC)[C@@H](OC)[C@H](OC)[C@@H]1SCCCSC1N=[N+]=[N-]. The fraction of sp³-hybridized carbons (Fsp3) is 1.00. The van der Waals surface area contributed by atoms with Crippen LogP contribution in [-0.4, -0.2) is 75.5 Å². The lowest BCUT2D eigenvalue weighted by molar-refractivity contribution is -0.123. The van der Waals surface area contributed by atoms with Crippen LogP contribution in [0.2, 0.25) is 0 Å². The van der Waals surface area contributed by atoms with Crippen molar-refractivity contribution < 1.29 is 18.9 Å². The number of hydrogen-bond acceptors (Lipinski definition) is 7. The van der Waals surface area contributed by atoms with Crippen LogP contribution in [0.15, 0.2) is 5.11 Å². The van der Waals surface area contributed by atoms with Crippen LogP contribution in [0.5, 0.6) is 0 Å². The third kappa shape index (κ3) is 5.49. The highest BCUT2D eigenvalue weighted by molar-refractivity contribution is 8.04. The van der Waals surface area contributed by atoms with Gasteiger partial charge in [-0.3, -0.25) is 0 Å².